The molecule has 37 heavy (non-hydrogen) atoms. The minimum absolute atomic E-state index is 0.0608. The maximum absolute atomic E-state index is 13.4. The maximum atomic E-state index is 13.4. The number of Topliss-reactive ketones (excluding diaryl/α,β-unsaturated/α-hetero) is 1. The predicted molar refractivity (Wildman–Crippen MR) is 136 cm³/mol. The van der Waals surface area contributed by atoms with Gasteiger partial charge in [-0.05, 0) is 79.4 Å². The van der Waals surface area contributed by atoms with Crippen molar-refractivity contribution in [1.82, 2.24) is 0 Å². The SMILES string of the molecule is CCOC(=O)c1cccc(N2C(=O)C(=O)/C(=C(\O)c3ccc4c(c3)CCCO4)C2c2cccc(O)c2)c1. The average Bonchev–Trinajstić information content (AvgIpc) is 3.18. The van der Waals surface area contributed by atoms with Crippen LogP contribution >= 0.6 is 0 Å². The highest BCUT2D eigenvalue weighted by atomic mass is 16.5. The molecule has 1 fully saturated rings. The number of phenolic OH excluding ortho intramolecular Hbond substituents is 1. The van der Waals surface area contributed by atoms with Gasteiger partial charge in [0.05, 0.1) is 30.4 Å². The van der Waals surface area contributed by atoms with Crippen molar-refractivity contribution in [2.45, 2.75) is 25.8 Å². The molecule has 0 radical (unpaired) electrons. The highest BCUT2D eigenvalue weighted by Crippen LogP contribution is 2.43. The van der Waals surface area contributed by atoms with Crippen LogP contribution in [0.5, 0.6) is 11.5 Å². The Hall–Kier alpha value is -4.59. The molecule has 3 aromatic rings. The van der Waals surface area contributed by atoms with Gasteiger partial charge in [0, 0.05) is 11.3 Å². The Morgan fingerprint density at radius 2 is 1.86 bits per heavy atom. The van der Waals surface area contributed by atoms with Gasteiger partial charge in [0.25, 0.3) is 11.7 Å². The quantitative estimate of drug-likeness (QED) is 0.230. The van der Waals surface area contributed by atoms with Gasteiger partial charge in [-0.3, -0.25) is 14.5 Å². The van der Waals surface area contributed by atoms with Crippen LogP contribution in [-0.2, 0) is 20.7 Å². The monoisotopic (exact) mass is 499 g/mol. The lowest BCUT2D eigenvalue weighted by Crippen LogP contribution is -2.29. The van der Waals surface area contributed by atoms with Gasteiger partial charge >= 0.3 is 5.97 Å². The summed E-state index contributed by atoms with van der Waals surface area (Å²) in [5.74, 6) is -1.97. The third-order valence-electron chi connectivity index (χ3n) is 6.45. The van der Waals surface area contributed by atoms with Crippen molar-refractivity contribution in [3.63, 3.8) is 0 Å². The van der Waals surface area contributed by atoms with Crippen molar-refractivity contribution in [3.8, 4) is 11.5 Å². The van der Waals surface area contributed by atoms with E-state index in [9.17, 15) is 24.6 Å². The summed E-state index contributed by atoms with van der Waals surface area (Å²) in [6.07, 6.45) is 1.60. The molecule has 2 aliphatic heterocycles. The van der Waals surface area contributed by atoms with Gasteiger partial charge in [-0.25, -0.2) is 4.79 Å². The van der Waals surface area contributed by atoms with E-state index in [0.29, 0.717) is 17.7 Å². The minimum atomic E-state index is -1.04. The van der Waals surface area contributed by atoms with Crippen molar-refractivity contribution in [2.24, 2.45) is 0 Å². The van der Waals surface area contributed by atoms with E-state index in [0.717, 1.165) is 24.2 Å². The Balaban J connectivity index is 1.67. The molecule has 1 saturated heterocycles. The minimum Gasteiger partial charge on any atom is -0.508 e. The van der Waals surface area contributed by atoms with Crippen LogP contribution in [0.2, 0.25) is 0 Å². The van der Waals surface area contributed by atoms with Crippen LogP contribution in [0.25, 0.3) is 5.76 Å². The third-order valence-corrected chi connectivity index (χ3v) is 6.45. The van der Waals surface area contributed by atoms with E-state index in [-0.39, 0.29) is 34.9 Å². The molecule has 0 saturated carbocycles. The standard InChI is InChI=1S/C29H25NO7/c1-2-36-29(35)20-7-3-9-21(15-20)30-25(18-6-4-10-22(31)16-18)24(27(33)28(30)34)26(32)19-11-12-23-17(14-19)8-5-13-37-23/h3-4,6-7,9-12,14-16,25,31-32H,2,5,8,13H2,1H3/b26-24-. The van der Waals surface area contributed by atoms with Gasteiger partial charge in [0.1, 0.15) is 17.3 Å². The number of ketones is 1. The number of nitrogens with zero attached hydrogens (tertiary/aromatic N) is 1. The molecule has 0 spiro atoms. The van der Waals surface area contributed by atoms with Crippen LogP contribution in [0, 0.1) is 0 Å². The molecule has 1 atom stereocenters. The highest BCUT2D eigenvalue weighted by molar-refractivity contribution is 6.51. The Bertz CT molecular complexity index is 1440. The molecule has 2 aliphatic rings. The lowest BCUT2D eigenvalue weighted by atomic mass is 9.93. The number of benzene rings is 3. The average molecular weight is 500 g/mol. The number of ether oxygens (including phenoxy) is 2. The number of aromatic hydroxyl groups is 1. The number of carbonyl (C=O) groups is 3. The second-order valence-electron chi connectivity index (χ2n) is 8.81. The van der Waals surface area contributed by atoms with Gasteiger partial charge in [0.2, 0.25) is 0 Å². The second-order valence-corrected chi connectivity index (χ2v) is 8.81. The molecular weight excluding hydrogens is 474 g/mol. The number of aryl methyl sites for hydroxylation is 1. The number of aliphatic hydroxyl groups is 1. The lowest BCUT2D eigenvalue weighted by Gasteiger charge is -2.26. The molecule has 2 N–H and O–H groups in total. The number of amides is 1. The summed E-state index contributed by atoms with van der Waals surface area (Å²) in [7, 11) is 0. The first-order chi connectivity index (χ1) is 17.9. The largest absolute Gasteiger partial charge is 0.508 e. The Kier molecular flexibility index (Phi) is 6.40. The van der Waals surface area contributed by atoms with Crippen molar-refractivity contribution >= 4 is 29.1 Å². The Morgan fingerprint density at radius 1 is 1.05 bits per heavy atom. The number of hydrogen-bond donors (Lipinski definition) is 2. The number of esters is 1. The summed E-state index contributed by atoms with van der Waals surface area (Å²) in [4.78, 5) is 40.4. The number of aliphatic hydroxyl groups excluding tert-OH is 1. The Labute approximate surface area is 213 Å². The lowest BCUT2D eigenvalue weighted by molar-refractivity contribution is -0.132. The predicted octanol–water partition coefficient (Wildman–Crippen LogP) is 4.52. The topological polar surface area (TPSA) is 113 Å². The molecule has 0 bridgehead atoms. The van der Waals surface area contributed by atoms with E-state index >= 15 is 0 Å². The maximum Gasteiger partial charge on any atom is 0.338 e. The first kappa shape index (κ1) is 24.1. The van der Waals surface area contributed by atoms with Crippen LogP contribution in [-0.4, -0.2) is 41.1 Å². The van der Waals surface area contributed by atoms with Crippen LogP contribution in [0.3, 0.4) is 0 Å². The summed E-state index contributed by atoms with van der Waals surface area (Å²) in [5.41, 5.74) is 2.08. The van der Waals surface area contributed by atoms with Gasteiger partial charge in [-0.15, -0.1) is 0 Å². The fourth-order valence-corrected chi connectivity index (χ4v) is 4.77. The van der Waals surface area contributed by atoms with E-state index in [1.807, 2.05) is 0 Å². The van der Waals surface area contributed by atoms with Gasteiger partial charge < -0.3 is 19.7 Å². The van der Waals surface area contributed by atoms with Crippen molar-refractivity contribution in [3.05, 3.63) is 94.6 Å². The van der Waals surface area contributed by atoms with Gasteiger partial charge in [0.15, 0.2) is 0 Å². The summed E-state index contributed by atoms with van der Waals surface area (Å²) in [6, 6.07) is 16.5. The normalized spacial score (nSPS) is 18.3. The van der Waals surface area contributed by atoms with E-state index in [2.05, 4.69) is 0 Å². The molecule has 0 aliphatic carbocycles. The number of carbonyl (C=O) groups excluding carboxylic acids is 3. The molecule has 8 nitrogen and oxygen atoms in total. The number of phenols is 1. The van der Waals surface area contributed by atoms with Crippen molar-refractivity contribution in [1.29, 1.82) is 0 Å². The number of fused-ring (bicyclic) bond motifs is 1. The molecule has 3 aromatic carbocycles. The van der Waals surface area contributed by atoms with Crippen molar-refractivity contribution in [2.75, 3.05) is 18.1 Å². The van der Waals surface area contributed by atoms with Gasteiger partial charge in [-0.1, -0.05) is 18.2 Å². The number of rotatable bonds is 5. The zero-order valence-corrected chi connectivity index (χ0v) is 20.1. The van der Waals surface area contributed by atoms with E-state index in [1.54, 1.807) is 55.5 Å². The molecule has 188 valence electrons. The van der Waals surface area contributed by atoms with Crippen LogP contribution < -0.4 is 9.64 Å². The second kappa shape index (κ2) is 9.81. The molecular formula is C29H25NO7. The Morgan fingerprint density at radius 3 is 2.65 bits per heavy atom. The molecule has 0 aromatic heterocycles. The molecule has 1 amide bonds. The van der Waals surface area contributed by atoms with Crippen LogP contribution in [0.1, 0.15) is 46.4 Å². The zero-order valence-electron chi connectivity index (χ0n) is 20.1. The fraction of sp³-hybridized carbons (Fsp3) is 0.207. The third kappa shape index (κ3) is 4.42. The summed E-state index contributed by atoms with van der Waals surface area (Å²) in [5, 5.41) is 21.6. The van der Waals surface area contributed by atoms with E-state index in [1.165, 1.54) is 23.1 Å². The molecule has 5 rings (SSSR count). The zero-order chi connectivity index (χ0) is 26.1. The summed E-state index contributed by atoms with van der Waals surface area (Å²) in [6.45, 7) is 2.49. The smallest absolute Gasteiger partial charge is 0.338 e. The number of anilines is 1. The first-order valence-electron chi connectivity index (χ1n) is 12.0. The summed E-state index contributed by atoms with van der Waals surface area (Å²) < 4.78 is 10.7. The fourth-order valence-electron chi connectivity index (χ4n) is 4.77. The highest BCUT2D eigenvalue weighted by Gasteiger charge is 2.47. The molecule has 2 heterocycles. The molecule has 8 heteroatoms. The van der Waals surface area contributed by atoms with Gasteiger partial charge in [-0.2, -0.15) is 0 Å². The number of hydrogen-bond acceptors (Lipinski definition) is 7. The molecule has 1 unspecified atom stereocenters. The summed E-state index contributed by atoms with van der Waals surface area (Å²) >= 11 is 0. The van der Waals surface area contributed by atoms with Crippen LogP contribution in [0.4, 0.5) is 5.69 Å². The van der Waals surface area contributed by atoms with E-state index in [4.69, 9.17) is 9.47 Å². The van der Waals surface area contributed by atoms with E-state index < -0.39 is 23.7 Å². The first-order valence-corrected chi connectivity index (χ1v) is 12.0. The van der Waals surface area contributed by atoms with Crippen LogP contribution in [0.15, 0.2) is 72.3 Å². The van der Waals surface area contributed by atoms with Crippen molar-refractivity contribution < 1.29 is 34.1 Å².